The molecule has 192 valence electrons. The molecule has 8 heteroatoms. The van der Waals surface area contributed by atoms with E-state index in [1.165, 1.54) is 4.90 Å². The second-order valence-corrected chi connectivity index (χ2v) is 9.44. The Bertz CT molecular complexity index is 1290. The molecule has 0 radical (unpaired) electrons. The van der Waals surface area contributed by atoms with Crippen LogP contribution in [0.2, 0.25) is 0 Å². The number of rotatable bonds is 10. The van der Waals surface area contributed by atoms with Crippen molar-refractivity contribution in [3.05, 3.63) is 77.5 Å². The van der Waals surface area contributed by atoms with Crippen molar-refractivity contribution in [2.24, 2.45) is 5.92 Å². The van der Waals surface area contributed by atoms with Crippen LogP contribution in [0.25, 0.3) is 11.3 Å². The number of benzene rings is 2. The van der Waals surface area contributed by atoms with Gasteiger partial charge in [0.2, 0.25) is 0 Å². The molecule has 37 heavy (non-hydrogen) atoms. The Balaban J connectivity index is 1.43. The highest BCUT2D eigenvalue weighted by molar-refractivity contribution is 6.04. The molecule has 1 aliphatic heterocycles. The lowest BCUT2D eigenvalue weighted by Gasteiger charge is -2.27. The number of pyridine rings is 1. The van der Waals surface area contributed by atoms with Gasteiger partial charge in [0, 0.05) is 23.2 Å². The first kappa shape index (κ1) is 25.9. The minimum Gasteiger partial charge on any atom is -0.494 e. The number of hydrogen-bond acceptors (Lipinski definition) is 5. The molecule has 2 aromatic carbocycles. The number of carboxylic acids is 1. The Morgan fingerprint density at radius 3 is 2.49 bits per heavy atom. The first-order chi connectivity index (χ1) is 17.8. The third kappa shape index (κ3) is 5.80. The number of nitrogens with zero attached hydrogens (tertiary/aromatic N) is 2. The number of hydrogen-bond donors (Lipinski definition) is 2. The number of carboxylic acid groups (broad SMARTS) is 1. The number of aliphatic carboxylic acids is 1. The third-order valence-corrected chi connectivity index (χ3v) is 6.36. The molecular weight excluding hydrogens is 470 g/mol. The number of carbonyl (C=O) groups is 3. The lowest BCUT2D eigenvalue weighted by molar-refractivity contribution is -0.144. The van der Waals surface area contributed by atoms with Crippen molar-refractivity contribution in [2.75, 3.05) is 11.9 Å². The zero-order valence-corrected chi connectivity index (χ0v) is 21.2. The van der Waals surface area contributed by atoms with Gasteiger partial charge in [-0.1, -0.05) is 39.3 Å². The number of ether oxygens (including phenoxy) is 1. The molecule has 2 amide bonds. The van der Waals surface area contributed by atoms with Crippen molar-refractivity contribution in [3.8, 4) is 17.0 Å². The summed E-state index contributed by atoms with van der Waals surface area (Å²) in [7, 11) is 0. The van der Waals surface area contributed by atoms with E-state index in [0.29, 0.717) is 29.1 Å². The van der Waals surface area contributed by atoms with Crippen LogP contribution in [0.4, 0.5) is 5.69 Å². The van der Waals surface area contributed by atoms with Gasteiger partial charge in [-0.05, 0) is 60.4 Å². The van der Waals surface area contributed by atoms with E-state index in [1.807, 2.05) is 12.1 Å². The van der Waals surface area contributed by atoms with Gasteiger partial charge in [-0.2, -0.15) is 0 Å². The van der Waals surface area contributed by atoms with Gasteiger partial charge in [-0.3, -0.25) is 14.6 Å². The van der Waals surface area contributed by atoms with Gasteiger partial charge in [0.25, 0.3) is 11.8 Å². The molecule has 0 bridgehead atoms. The van der Waals surface area contributed by atoms with E-state index in [-0.39, 0.29) is 24.3 Å². The number of fused-ring (bicyclic) bond motifs is 1. The Hall–Kier alpha value is -4.20. The molecule has 8 nitrogen and oxygen atoms in total. The molecule has 2 heterocycles. The van der Waals surface area contributed by atoms with Crippen LogP contribution in [-0.4, -0.2) is 45.4 Å². The fraction of sp³-hybridized carbons (Fsp3) is 0.310. The second-order valence-electron chi connectivity index (χ2n) is 9.44. The molecule has 1 aliphatic rings. The van der Waals surface area contributed by atoms with Crippen LogP contribution in [0.5, 0.6) is 5.75 Å². The van der Waals surface area contributed by atoms with Gasteiger partial charge in [0.15, 0.2) is 0 Å². The molecule has 1 aromatic heterocycles. The van der Waals surface area contributed by atoms with E-state index >= 15 is 0 Å². The van der Waals surface area contributed by atoms with Crippen LogP contribution in [0.1, 0.15) is 59.9 Å². The molecule has 0 saturated heterocycles. The molecule has 0 fully saturated rings. The number of unbranched alkanes of at least 4 members (excludes halogenated alkanes) is 1. The normalized spacial score (nSPS) is 13.4. The fourth-order valence-electron chi connectivity index (χ4n) is 4.36. The van der Waals surface area contributed by atoms with Crippen molar-refractivity contribution in [1.82, 2.24) is 9.88 Å². The van der Waals surface area contributed by atoms with Crippen molar-refractivity contribution in [1.29, 1.82) is 0 Å². The maximum Gasteiger partial charge on any atom is 0.326 e. The van der Waals surface area contributed by atoms with E-state index in [1.54, 1.807) is 62.5 Å². The first-order valence-corrected chi connectivity index (χ1v) is 12.5. The number of nitrogens with one attached hydrogen (secondary N) is 1. The van der Waals surface area contributed by atoms with Gasteiger partial charge in [-0.15, -0.1) is 0 Å². The minimum atomic E-state index is -1.01. The zero-order chi connectivity index (χ0) is 26.5. The Labute approximate surface area is 216 Å². The largest absolute Gasteiger partial charge is 0.494 e. The number of anilines is 1. The van der Waals surface area contributed by atoms with E-state index in [4.69, 9.17) is 4.74 Å². The monoisotopic (exact) mass is 501 g/mol. The van der Waals surface area contributed by atoms with Crippen LogP contribution in [0.3, 0.4) is 0 Å². The van der Waals surface area contributed by atoms with E-state index < -0.39 is 12.0 Å². The summed E-state index contributed by atoms with van der Waals surface area (Å²) in [5.74, 6) is -1.03. The number of aromatic nitrogens is 1. The second kappa shape index (κ2) is 11.2. The van der Waals surface area contributed by atoms with Gasteiger partial charge >= 0.3 is 5.97 Å². The summed E-state index contributed by atoms with van der Waals surface area (Å²) >= 11 is 0. The fourth-order valence-corrected chi connectivity index (χ4v) is 4.36. The Morgan fingerprint density at radius 1 is 1.11 bits per heavy atom. The topological polar surface area (TPSA) is 109 Å². The molecule has 3 aromatic rings. The number of carbonyl (C=O) groups excluding carboxylic acids is 2. The average molecular weight is 502 g/mol. The van der Waals surface area contributed by atoms with E-state index in [9.17, 15) is 19.5 Å². The quantitative estimate of drug-likeness (QED) is 0.368. The van der Waals surface area contributed by atoms with Crippen LogP contribution >= 0.6 is 0 Å². The maximum atomic E-state index is 13.0. The maximum absolute atomic E-state index is 13.0. The predicted molar refractivity (Wildman–Crippen MR) is 141 cm³/mol. The Kier molecular flexibility index (Phi) is 7.86. The Morgan fingerprint density at radius 2 is 1.86 bits per heavy atom. The molecular formula is C29H31N3O5. The van der Waals surface area contributed by atoms with E-state index in [2.05, 4.69) is 17.2 Å². The summed E-state index contributed by atoms with van der Waals surface area (Å²) in [6.45, 7) is 6.61. The summed E-state index contributed by atoms with van der Waals surface area (Å²) in [5.41, 5.74) is 3.72. The van der Waals surface area contributed by atoms with Crippen molar-refractivity contribution < 1.29 is 24.2 Å². The summed E-state index contributed by atoms with van der Waals surface area (Å²) in [4.78, 5) is 43.2. The molecule has 0 saturated carbocycles. The highest BCUT2D eigenvalue weighted by Gasteiger charge is 2.38. The lowest BCUT2D eigenvalue weighted by Crippen LogP contribution is -2.44. The molecule has 2 N–H and O–H groups in total. The summed E-state index contributed by atoms with van der Waals surface area (Å²) < 4.78 is 5.64. The summed E-state index contributed by atoms with van der Waals surface area (Å²) in [6.07, 6.45) is 3.60. The van der Waals surface area contributed by atoms with Gasteiger partial charge in [0.1, 0.15) is 11.8 Å². The van der Waals surface area contributed by atoms with Gasteiger partial charge in [-0.25, -0.2) is 4.79 Å². The van der Waals surface area contributed by atoms with Crippen LogP contribution < -0.4 is 10.1 Å². The predicted octanol–water partition coefficient (Wildman–Crippen LogP) is 5.24. The summed E-state index contributed by atoms with van der Waals surface area (Å²) in [6, 6.07) is 15.1. The summed E-state index contributed by atoms with van der Waals surface area (Å²) in [5, 5.41) is 12.4. The third-order valence-electron chi connectivity index (χ3n) is 6.36. The van der Waals surface area contributed by atoms with Crippen LogP contribution in [0.15, 0.2) is 60.8 Å². The molecule has 0 aliphatic carbocycles. The SMILES string of the molecule is CCCCOc1ccc(C(=O)Nc2ccc(-c3ccc4c(c3)C(=O)N(C(C(=O)O)C(C)C)C4)nc2)cc1. The van der Waals surface area contributed by atoms with Crippen LogP contribution in [-0.2, 0) is 11.3 Å². The van der Waals surface area contributed by atoms with Crippen molar-refractivity contribution in [2.45, 2.75) is 46.2 Å². The van der Waals surface area contributed by atoms with Crippen molar-refractivity contribution >= 4 is 23.5 Å². The van der Waals surface area contributed by atoms with Crippen molar-refractivity contribution in [3.63, 3.8) is 0 Å². The van der Waals surface area contributed by atoms with Gasteiger partial charge in [0.05, 0.1) is 24.2 Å². The van der Waals surface area contributed by atoms with Crippen LogP contribution in [0, 0.1) is 5.92 Å². The smallest absolute Gasteiger partial charge is 0.326 e. The van der Waals surface area contributed by atoms with Gasteiger partial charge < -0.3 is 20.1 Å². The van der Waals surface area contributed by atoms with E-state index in [0.717, 1.165) is 29.7 Å². The highest BCUT2D eigenvalue weighted by Crippen LogP contribution is 2.31. The molecule has 0 spiro atoms. The first-order valence-electron chi connectivity index (χ1n) is 12.5. The average Bonchev–Trinajstić information content (AvgIpc) is 3.19. The zero-order valence-electron chi connectivity index (χ0n) is 21.2. The minimum absolute atomic E-state index is 0.211. The number of amides is 2. The molecule has 1 atom stereocenters. The molecule has 4 rings (SSSR count). The molecule has 1 unspecified atom stereocenters. The highest BCUT2D eigenvalue weighted by atomic mass is 16.5. The lowest BCUT2D eigenvalue weighted by atomic mass is 10.0. The standard InChI is InChI=1S/C29H31N3O5/c1-4-5-14-37-23-11-8-19(9-12-23)27(33)31-22-10-13-25(30-16-22)20-6-7-21-17-32(28(34)24(21)15-20)26(18(2)3)29(35)36/h6-13,15-16,18,26H,4-5,14,17H2,1-3H3,(H,31,33)(H,35,36).